The number of hydrogen-bond donors (Lipinski definition) is 1. The summed E-state index contributed by atoms with van der Waals surface area (Å²) in [6, 6.07) is 20.3. The average Bonchev–Trinajstić information content (AvgIpc) is 2.78. The first-order chi connectivity index (χ1) is 15.0. The summed E-state index contributed by atoms with van der Waals surface area (Å²) in [5.74, 6) is -0.694. The molecule has 2 amide bonds. The fourth-order valence-electron chi connectivity index (χ4n) is 2.92. The smallest absolute Gasteiger partial charge is 0.260 e. The van der Waals surface area contributed by atoms with Crippen molar-refractivity contribution < 1.29 is 23.5 Å². The minimum absolute atomic E-state index is 0.145. The van der Waals surface area contributed by atoms with Crippen molar-refractivity contribution in [3.63, 3.8) is 0 Å². The van der Waals surface area contributed by atoms with Crippen LogP contribution in [0.25, 0.3) is 0 Å². The number of methoxy groups -OCH3 is 1. The van der Waals surface area contributed by atoms with Gasteiger partial charge in [0.05, 0.1) is 12.7 Å². The highest BCUT2D eigenvalue weighted by Crippen LogP contribution is 2.21. The zero-order valence-electron chi connectivity index (χ0n) is 17.3. The van der Waals surface area contributed by atoms with Crippen molar-refractivity contribution in [2.24, 2.45) is 0 Å². The van der Waals surface area contributed by atoms with E-state index in [0.717, 1.165) is 0 Å². The molecule has 0 aromatic heterocycles. The molecule has 0 aliphatic carbocycles. The number of ether oxygens (including phenoxy) is 2. The lowest BCUT2D eigenvalue weighted by Gasteiger charge is -2.18. The molecule has 3 rings (SSSR count). The van der Waals surface area contributed by atoms with Gasteiger partial charge in [0.25, 0.3) is 11.8 Å². The van der Waals surface area contributed by atoms with Crippen LogP contribution < -0.4 is 14.8 Å². The van der Waals surface area contributed by atoms with Crippen LogP contribution >= 0.6 is 0 Å². The minimum Gasteiger partial charge on any atom is -0.494 e. The van der Waals surface area contributed by atoms with E-state index < -0.39 is 5.82 Å². The molecule has 6 nitrogen and oxygen atoms in total. The summed E-state index contributed by atoms with van der Waals surface area (Å²) in [5, 5.41) is 2.80. The Kier molecular flexibility index (Phi) is 7.22. The van der Waals surface area contributed by atoms with E-state index in [4.69, 9.17) is 9.47 Å². The van der Waals surface area contributed by atoms with Crippen LogP contribution in [0.5, 0.6) is 11.5 Å². The van der Waals surface area contributed by atoms with Crippen LogP contribution in [0.1, 0.15) is 15.9 Å². The maximum Gasteiger partial charge on any atom is 0.260 e. The lowest BCUT2D eigenvalue weighted by atomic mass is 10.2. The number of carbonyl (C=O) groups excluding carboxylic acids is 2. The lowest BCUT2D eigenvalue weighted by molar-refractivity contribution is -0.132. The highest BCUT2D eigenvalue weighted by Gasteiger charge is 2.16. The van der Waals surface area contributed by atoms with Gasteiger partial charge in [0, 0.05) is 19.3 Å². The van der Waals surface area contributed by atoms with Gasteiger partial charge in [0.15, 0.2) is 18.2 Å². The topological polar surface area (TPSA) is 67.9 Å². The van der Waals surface area contributed by atoms with Gasteiger partial charge in [-0.25, -0.2) is 4.39 Å². The fourth-order valence-corrected chi connectivity index (χ4v) is 2.92. The number of anilines is 1. The van der Waals surface area contributed by atoms with Crippen LogP contribution in [0.3, 0.4) is 0 Å². The number of hydrogen-bond acceptors (Lipinski definition) is 4. The summed E-state index contributed by atoms with van der Waals surface area (Å²) < 4.78 is 24.4. The molecule has 0 bridgehead atoms. The largest absolute Gasteiger partial charge is 0.494 e. The molecule has 0 aliphatic heterocycles. The van der Waals surface area contributed by atoms with Gasteiger partial charge in [0.2, 0.25) is 0 Å². The number of nitrogens with one attached hydrogen (secondary N) is 1. The third-order valence-corrected chi connectivity index (χ3v) is 4.58. The number of nitrogens with zero attached hydrogens (tertiary/aromatic N) is 1. The van der Waals surface area contributed by atoms with E-state index in [9.17, 15) is 14.0 Å². The summed E-state index contributed by atoms with van der Waals surface area (Å²) >= 11 is 0. The molecule has 3 aromatic rings. The van der Waals surface area contributed by atoms with E-state index in [1.807, 2.05) is 18.2 Å². The second-order valence-electron chi connectivity index (χ2n) is 6.82. The Balaban J connectivity index is 1.61. The number of halogens is 1. The molecule has 0 heterocycles. The Bertz CT molecular complexity index is 1060. The zero-order valence-corrected chi connectivity index (χ0v) is 17.3. The van der Waals surface area contributed by atoms with Crippen molar-refractivity contribution in [2.45, 2.75) is 6.54 Å². The molecular formula is C24H23FN2O4. The van der Waals surface area contributed by atoms with E-state index in [1.54, 1.807) is 49.5 Å². The highest BCUT2D eigenvalue weighted by atomic mass is 19.1. The molecule has 7 heteroatoms. The highest BCUT2D eigenvalue weighted by molar-refractivity contribution is 6.06. The molecule has 1 N–H and O–H groups in total. The molecule has 0 spiro atoms. The van der Waals surface area contributed by atoms with Gasteiger partial charge in [-0.3, -0.25) is 9.59 Å². The van der Waals surface area contributed by atoms with E-state index >= 15 is 0 Å². The number of amides is 2. The first-order valence-electron chi connectivity index (χ1n) is 9.62. The van der Waals surface area contributed by atoms with Gasteiger partial charge in [-0.2, -0.15) is 0 Å². The summed E-state index contributed by atoms with van der Waals surface area (Å²) in [6.45, 7) is -0.0516. The predicted molar refractivity (Wildman–Crippen MR) is 116 cm³/mol. The summed E-state index contributed by atoms with van der Waals surface area (Å²) in [7, 11) is 2.99. The van der Waals surface area contributed by atoms with Crippen LogP contribution in [0.2, 0.25) is 0 Å². The van der Waals surface area contributed by atoms with Crippen molar-refractivity contribution in [1.82, 2.24) is 4.90 Å². The monoisotopic (exact) mass is 422 g/mol. The zero-order chi connectivity index (χ0) is 22.2. The van der Waals surface area contributed by atoms with Crippen LogP contribution in [-0.2, 0) is 11.3 Å². The van der Waals surface area contributed by atoms with Crippen molar-refractivity contribution in [2.75, 3.05) is 26.1 Å². The molecule has 0 radical (unpaired) electrons. The van der Waals surface area contributed by atoms with Gasteiger partial charge < -0.3 is 19.7 Å². The Morgan fingerprint density at radius 2 is 1.68 bits per heavy atom. The number of benzene rings is 3. The summed E-state index contributed by atoms with van der Waals surface area (Å²) in [5.41, 5.74) is 1.60. The average molecular weight is 422 g/mol. The van der Waals surface area contributed by atoms with Gasteiger partial charge in [-0.15, -0.1) is 0 Å². The quantitative estimate of drug-likeness (QED) is 0.593. The van der Waals surface area contributed by atoms with Gasteiger partial charge in [-0.05, 0) is 42.0 Å². The van der Waals surface area contributed by atoms with Crippen LogP contribution in [0.4, 0.5) is 10.1 Å². The normalized spacial score (nSPS) is 10.3. The molecule has 0 unspecified atom stereocenters. The predicted octanol–water partition coefficient (Wildman–Crippen LogP) is 4.12. The van der Waals surface area contributed by atoms with Crippen LogP contribution in [0, 0.1) is 5.82 Å². The first-order valence-corrected chi connectivity index (χ1v) is 9.62. The van der Waals surface area contributed by atoms with Crippen molar-refractivity contribution in [3.05, 3.63) is 89.7 Å². The molecule has 0 saturated heterocycles. The van der Waals surface area contributed by atoms with E-state index in [0.29, 0.717) is 22.6 Å². The molecule has 31 heavy (non-hydrogen) atoms. The molecule has 0 aliphatic rings. The van der Waals surface area contributed by atoms with E-state index in [-0.39, 0.29) is 30.7 Å². The van der Waals surface area contributed by atoms with Crippen molar-refractivity contribution in [1.29, 1.82) is 0 Å². The Hall–Kier alpha value is -3.87. The fraction of sp³-hybridized carbons (Fsp3) is 0.167. The minimum atomic E-state index is -0.490. The molecule has 160 valence electrons. The number of rotatable bonds is 8. The van der Waals surface area contributed by atoms with Gasteiger partial charge in [0.1, 0.15) is 5.75 Å². The second kappa shape index (κ2) is 10.2. The SMILES string of the molecule is COc1ccc(CN(C)C(=O)COc2ccccc2C(=O)Nc2ccccc2)cc1F. The van der Waals surface area contributed by atoms with Crippen molar-refractivity contribution in [3.8, 4) is 11.5 Å². The Morgan fingerprint density at radius 1 is 0.968 bits per heavy atom. The Labute approximate surface area is 180 Å². The van der Waals surface area contributed by atoms with Gasteiger partial charge in [-0.1, -0.05) is 36.4 Å². The number of likely N-dealkylation sites (N-methyl/N-ethyl adjacent to an activating group) is 1. The summed E-state index contributed by atoms with van der Waals surface area (Å²) in [4.78, 5) is 26.5. The molecule has 0 atom stereocenters. The number of carbonyl (C=O) groups is 2. The maximum atomic E-state index is 13.9. The van der Waals surface area contributed by atoms with Crippen LogP contribution in [-0.4, -0.2) is 37.5 Å². The third-order valence-electron chi connectivity index (χ3n) is 4.58. The molecule has 3 aromatic carbocycles. The lowest BCUT2D eigenvalue weighted by Crippen LogP contribution is -2.31. The number of para-hydroxylation sites is 2. The van der Waals surface area contributed by atoms with Gasteiger partial charge >= 0.3 is 0 Å². The summed E-state index contributed by atoms with van der Waals surface area (Å²) in [6.07, 6.45) is 0. The first kappa shape index (κ1) is 21.8. The standard InChI is InChI=1S/C24H23FN2O4/c1-27(15-17-12-13-22(30-2)20(25)14-17)23(28)16-31-21-11-7-6-10-19(21)24(29)26-18-8-4-3-5-9-18/h3-14H,15-16H2,1-2H3,(H,26,29). The Morgan fingerprint density at radius 3 is 2.39 bits per heavy atom. The maximum absolute atomic E-state index is 13.9. The van der Waals surface area contributed by atoms with E-state index in [1.165, 1.54) is 24.1 Å². The molecule has 0 fully saturated rings. The molecular weight excluding hydrogens is 399 g/mol. The molecule has 0 saturated carbocycles. The van der Waals surface area contributed by atoms with E-state index in [2.05, 4.69) is 5.32 Å². The third kappa shape index (κ3) is 5.82. The van der Waals surface area contributed by atoms with Crippen molar-refractivity contribution >= 4 is 17.5 Å². The second-order valence-corrected chi connectivity index (χ2v) is 6.82. The van der Waals surface area contributed by atoms with Crippen LogP contribution in [0.15, 0.2) is 72.8 Å².